The smallest absolute Gasteiger partial charge is 0.332 e. The summed E-state index contributed by atoms with van der Waals surface area (Å²) in [7, 11) is 2.12. The van der Waals surface area contributed by atoms with Crippen LogP contribution in [-0.2, 0) is 13.1 Å². The predicted octanol–water partition coefficient (Wildman–Crippen LogP) is 4.23. The summed E-state index contributed by atoms with van der Waals surface area (Å²) in [4.78, 5) is 32.6. The number of hydrogen-bond donors (Lipinski definition) is 0. The minimum atomic E-state index is -0.277. The molecule has 0 aliphatic carbocycles. The van der Waals surface area contributed by atoms with E-state index >= 15 is 0 Å². The summed E-state index contributed by atoms with van der Waals surface area (Å²) in [6.45, 7) is 8.35. The molecule has 0 amide bonds. The highest BCUT2D eigenvalue weighted by atomic mass is 127. The molecule has 186 valence electrons. The lowest BCUT2D eigenvalue weighted by Crippen LogP contribution is -2.46. The molecule has 0 N–H and O–H groups in total. The lowest BCUT2D eigenvalue weighted by Gasteiger charge is -2.35. The highest BCUT2D eigenvalue weighted by Gasteiger charge is 2.23. The Morgan fingerprint density at radius 3 is 2.17 bits per heavy atom. The van der Waals surface area contributed by atoms with E-state index in [1.807, 2.05) is 42.5 Å². The normalized spacial score (nSPS) is 14.5. The first-order valence-corrected chi connectivity index (χ1v) is 13.4. The third kappa shape index (κ3) is 4.86. The molecule has 4 aromatic rings. The number of likely N-dealkylation sites (N-methyl/N-ethyl adjacent to an activating group) is 1. The predicted molar refractivity (Wildman–Crippen MR) is 155 cm³/mol. The third-order valence-electron chi connectivity index (χ3n) is 7.21. The van der Waals surface area contributed by atoms with Crippen LogP contribution in [0.5, 0.6) is 0 Å². The Bertz CT molecular complexity index is 1530. The highest BCUT2D eigenvalue weighted by molar-refractivity contribution is 14.1. The van der Waals surface area contributed by atoms with Crippen LogP contribution in [0.2, 0.25) is 0 Å². The molecule has 36 heavy (non-hydrogen) atoms. The molecular formula is C29H31IN4O2. The standard InChI is InChI=1S/C29H31IN4O2/c1-20-9-10-23(15-21(20)2)19-34-28(35)27-25(32-13-11-31(3)12-14-32)16-24(30)17-26(27)33(29(34)36)18-22-7-5-4-6-8-22/h4-10,15-17H,11-14,18-19H2,1-3H3. The van der Waals surface area contributed by atoms with Crippen molar-refractivity contribution in [3.8, 4) is 0 Å². The van der Waals surface area contributed by atoms with E-state index in [4.69, 9.17) is 0 Å². The topological polar surface area (TPSA) is 50.5 Å². The number of nitrogens with zero attached hydrogens (tertiary/aromatic N) is 4. The van der Waals surface area contributed by atoms with Gasteiger partial charge in [-0.25, -0.2) is 4.79 Å². The van der Waals surface area contributed by atoms with E-state index < -0.39 is 0 Å². The molecule has 6 nitrogen and oxygen atoms in total. The van der Waals surface area contributed by atoms with Gasteiger partial charge in [-0.05, 0) is 77.9 Å². The summed E-state index contributed by atoms with van der Waals surface area (Å²) in [6.07, 6.45) is 0. The quantitative estimate of drug-likeness (QED) is 0.325. The first-order valence-electron chi connectivity index (χ1n) is 12.3. The van der Waals surface area contributed by atoms with Crippen LogP contribution >= 0.6 is 22.6 Å². The van der Waals surface area contributed by atoms with Gasteiger partial charge in [-0.2, -0.15) is 0 Å². The molecule has 1 aliphatic rings. The molecule has 5 rings (SSSR count). The second kappa shape index (κ2) is 10.2. The number of rotatable bonds is 5. The third-order valence-corrected chi connectivity index (χ3v) is 7.84. The van der Waals surface area contributed by atoms with Crippen LogP contribution < -0.4 is 16.1 Å². The number of anilines is 1. The van der Waals surface area contributed by atoms with Gasteiger partial charge in [0.05, 0.1) is 29.7 Å². The average molecular weight is 594 g/mol. The summed E-state index contributed by atoms with van der Waals surface area (Å²) >= 11 is 2.30. The van der Waals surface area contributed by atoms with Crippen LogP contribution in [-0.4, -0.2) is 47.3 Å². The fraction of sp³-hybridized carbons (Fsp3) is 0.310. The number of aromatic nitrogens is 2. The maximum absolute atomic E-state index is 14.1. The van der Waals surface area contributed by atoms with E-state index in [2.05, 4.69) is 71.5 Å². The van der Waals surface area contributed by atoms with Gasteiger partial charge in [0.2, 0.25) is 0 Å². The maximum Gasteiger partial charge on any atom is 0.332 e. The molecule has 7 heteroatoms. The van der Waals surface area contributed by atoms with Crippen molar-refractivity contribution in [2.45, 2.75) is 26.9 Å². The summed E-state index contributed by atoms with van der Waals surface area (Å²) in [5.41, 5.74) is 5.45. The average Bonchev–Trinajstić information content (AvgIpc) is 2.87. The van der Waals surface area contributed by atoms with Crippen molar-refractivity contribution in [3.63, 3.8) is 0 Å². The summed E-state index contributed by atoms with van der Waals surface area (Å²) in [5, 5.41) is 0.624. The van der Waals surface area contributed by atoms with Gasteiger partial charge in [0.15, 0.2) is 0 Å². The van der Waals surface area contributed by atoms with Crippen LogP contribution in [0.4, 0.5) is 5.69 Å². The summed E-state index contributed by atoms with van der Waals surface area (Å²) < 4.78 is 4.21. The lowest BCUT2D eigenvalue weighted by atomic mass is 10.1. The Hall–Kier alpha value is -2.91. The molecule has 0 spiro atoms. The maximum atomic E-state index is 14.1. The molecular weight excluding hydrogens is 563 g/mol. The number of benzene rings is 3. The molecule has 3 aromatic carbocycles. The van der Waals surface area contributed by atoms with Crippen molar-refractivity contribution in [1.82, 2.24) is 14.0 Å². The number of halogens is 1. The van der Waals surface area contributed by atoms with Crippen LogP contribution in [0.15, 0.2) is 70.3 Å². The Morgan fingerprint density at radius 1 is 0.778 bits per heavy atom. The SMILES string of the molecule is Cc1ccc(Cn2c(=O)c3c(N4CCN(C)CC4)cc(I)cc3n(Cc3ccccc3)c2=O)cc1C. The highest BCUT2D eigenvalue weighted by Crippen LogP contribution is 2.28. The minimum absolute atomic E-state index is 0.220. The van der Waals surface area contributed by atoms with E-state index in [0.717, 1.165) is 52.1 Å². The second-order valence-electron chi connectivity index (χ2n) is 9.77. The molecule has 0 unspecified atom stereocenters. The first-order chi connectivity index (χ1) is 17.3. The van der Waals surface area contributed by atoms with Crippen molar-refractivity contribution < 1.29 is 0 Å². The Balaban J connectivity index is 1.75. The number of fused-ring (bicyclic) bond motifs is 1. The minimum Gasteiger partial charge on any atom is -0.368 e. The number of piperazine rings is 1. The van der Waals surface area contributed by atoms with Crippen molar-refractivity contribution in [3.05, 3.63) is 107 Å². The summed E-state index contributed by atoms with van der Waals surface area (Å²) in [6, 6.07) is 20.2. The molecule has 1 fully saturated rings. The number of hydrogen-bond acceptors (Lipinski definition) is 4. The van der Waals surface area contributed by atoms with Gasteiger partial charge in [0, 0.05) is 29.7 Å². The molecule has 0 radical (unpaired) electrons. The number of aryl methyl sites for hydroxylation is 2. The van der Waals surface area contributed by atoms with Gasteiger partial charge in [-0.15, -0.1) is 0 Å². The lowest BCUT2D eigenvalue weighted by molar-refractivity contribution is 0.313. The van der Waals surface area contributed by atoms with E-state index in [9.17, 15) is 9.59 Å². The molecule has 1 saturated heterocycles. The van der Waals surface area contributed by atoms with Gasteiger partial charge in [-0.3, -0.25) is 13.9 Å². The monoisotopic (exact) mass is 594 g/mol. The van der Waals surface area contributed by atoms with Crippen molar-refractivity contribution >= 4 is 39.2 Å². The Morgan fingerprint density at radius 2 is 1.47 bits per heavy atom. The molecule has 2 heterocycles. The fourth-order valence-corrected chi connectivity index (χ4v) is 5.51. The van der Waals surface area contributed by atoms with Crippen molar-refractivity contribution in [2.75, 3.05) is 38.1 Å². The van der Waals surface area contributed by atoms with Gasteiger partial charge >= 0.3 is 5.69 Å². The molecule has 1 aliphatic heterocycles. The molecule has 0 atom stereocenters. The van der Waals surface area contributed by atoms with Gasteiger partial charge in [-0.1, -0.05) is 48.5 Å². The first kappa shape index (κ1) is 24.8. The Kier molecular flexibility index (Phi) is 7.03. The zero-order valence-corrected chi connectivity index (χ0v) is 23.2. The van der Waals surface area contributed by atoms with Crippen LogP contribution in [0.3, 0.4) is 0 Å². The van der Waals surface area contributed by atoms with E-state index in [0.29, 0.717) is 17.4 Å². The molecule has 0 saturated carbocycles. The van der Waals surface area contributed by atoms with Crippen LogP contribution in [0, 0.1) is 17.4 Å². The second-order valence-corrected chi connectivity index (χ2v) is 11.0. The van der Waals surface area contributed by atoms with Crippen LogP contribution in [0.1, 0.15) is 22.3 Å². The van der Waals surface area contributed by atoms with Gasteiger partial charge < -0.3 is 9.80 Å². The molecule has 1 aromatic heterocycles. The van der Waals surface area contributed by atoms with Crippen molar-refractivity contribution in [2.24, 2.45) is 0 Å². The molecule has 0 bridgehead atoms. The zero-order valence-electron chi connectivity index (χ0n) is 21.0. The van der Waals surface area contributed by atoms with Crippen molar-refractivity contribution in [1.29, 1.82) is 0 Å². The largest absolute Gasteiger partial charge is 0.368 e. The zero-order chi connectivity index (χ0) is 25.4. The van der Waals surface area contributed by atoms with E-state index in [1.165, 1.54) is 10.1 Å². The Labute approximate surface area is 224 Å². The van der Waals surface area contributed by atoms with Crippen LogP contribution in [0.25, 0.3) is 10.9 Å². The fourth-order valence-electron chi connectivity index (χ4n) is 4.92. The van der Waals surface area contributed by atoms with Gasteiger partial charge in [0.1, 0.15) is 0 Å². The summed E-state index contributed by atoms with van der Waals surface area (Å²) in [5.74, 6) is 0. The van der Waals surface area contributed by atoms with E-state index in [1.54, 1.807) is 4.57 Å². The van der Waals surface area contributed by atoms with E-state index in [-0.39, 0.29) is 17.8 Å². The van der Waals surface area contributed by atoms with Gasteiger partial charge in [0.25, 0.3) is 5.56 Å².